The number of furan rings is 1. The summed E-state index contributed by atoms with van der Waals surface area (Å²) >= 11 is 0. The number of hydrogen-bond donors (Lipinski definition) is 2. The highest BCUT2D eigenvalue weighted by Gasteiger charge is 2.21. The number of amides is 2. The molecule has 1 aromatic heterocycles. The summed E-state index contributed by atoms with van der Waals surface area (Å²) in [6.07, 6.45) is 3.30. The highest BCUT2D eigenvalue weighted by molar-refractivity contribution is 5.98. The van der Waals surface area contributed by atoms with E-state index in [1.807, 2.05) is 24.8 Å². The Morgan fingerprint density at radius 2 is 2.08 bits per heavy atom. The lowest BCUT2D eigenvalue weighted by molar-refractivity contribution is -0.120. The van der Waals surface area contributed by atoms with E-state index in [-0.39, 0.29) is 17.9 Å². The van der Waals surface area contributed by atoms with E-state index < -0.39 is 0 Å². The average molecular weight is 329 g/mol. The lowest BCUT2D eigenvalue weighted by Crippen LogP contribution is -2.41. The van der Waals surface area contributed by atoms with E-state index >= 15 is 0 Å². The predicted molar refractivity (Wildman–Crippen MR) is 92.7 cm³/mol. The molecule has 0 spiro atoms. The van der Waals surface area contributed by atoms with Gasteiger partial charge in [-0.3, -0.25) is 14.5 Å². The van der Waals surface area contributed by atoms with E-state index in [9.17, 15) is 9.59 Å². The normalized spacial score (nSPS) is 12.0. The van der Waals surface area contributed by atoms with Crippen molar-refractivity contribution in [1.29, 1.82) is 0 Å². The fourth-order valence-electron chi connectivity index (χ4n) is 2.43. The molecule has 2 amide bonds. The first-order chi connectivity index (χ1) is 11.5. The molecule has 0 unspecified atom stereocenters. The van der Waals surface area contributed by atoms with Crippen LogP contribution in [-0.4, -0.2) is 36.3 Å². The molecule has 6 nitrogen and oxygen atoms in total. The van der Waals surface area contributed by atoms with Crippen molar-refractivity contribution >= 4 is 17.5 Å². The van der Waals surface area contributed by atoms with E-state index in [2.05, 4.69) is 10.6 Å². The molecule has 6 heteroatoms. The van der Waals surface area contributed by atoms with Crippen molar-refractivity contribution in [1.82, 2.24) is 10.2 Å². The van der Waals surface area contributed by atoms with Crippen LogP contribution in [0.25, 0.3) is 0 Å². The molecule has 2 aromatic rings. The molecule has 0 bridgehead atoms. The zero-order valence-corrected chi connectivity index (χ0v) is 14.2. The highest BCUT2D eigenvalue weighted by Crippen LogP contribution is 2.14. The summed E-state index contributed by atoms with van der Waals surface area (Å²) in [6.45, 7) is 5.25. The summed E-state index contributed by atoms with van der Waals surface area (Å²) in [6, 6.07) is 8.45. The highest BCUT2D eigenvalue weighted by atomic mass is 16.3. The zero-order chi connectivity index (χ0) is 17.5. The Morgan fingerprint density at radius 1 is 1.29 bits per heavy atom. The van der Waals surface area contributed by atoms with Gasteiger partial charge in [0.2, 0.25) is 5.91 Å². The molecule has 0 saturated carbocycles. The van der Waals surface area contributed by atoms with Crippen LogP contribution in [0, 0.1) is 0 Å². The Morgan fingerprint density at radius 3 is 2.71 bits per heavy atom. The third-order valence-corrected chi connectivity index (χ3v) is 3.92. The van der Waals surface area contributed by atoms with Crippen molar-refractivity contribution < 1.29 is 14.0 Å². The van der Waals surface area contributed by atoms with Gasteiger partial charge in [-0.05, 0) is 37.7 Å². The smallest absolute Gasteiger partial charge is 0.251 e. The molecule has 2 N–H and O–H groups in total. The van der Waals surface area contributed by atoms with E-state index in [1.165, 1.54) is 0 Å². The Balaban J connectivity index is 2.03. The van der Waals surface area contributed by atoms with Crippen LogP contribution in [0.5, 0.6) is 0 Å². The second kappa shape index (κ2) is 8.31. The molecule has 2 rings (SSSR count). The van der Waals surface area contributed by atoms with Crippen LogP contribution in [0.15, 0.2) is 47.3 Å². The fourth-order valence-corrected chi connectivity index (χ4v) is 2.43. The third kappa shape index (κ3) is 4.45. The Labute approximate surface area is 141 Å². The summed E-state index contributed by atoms with van der Waals surface area (Å²) in [4.78, 5) is 26.2. The Bertz CT molecular complexity index is 683. The summed E-state index contributed by atoms with van der Waals surface area (Å²) in [7, 11) is 1.57. The SMILES string of the molecule is CCN(Cc1ccoc1)[C@H](C)C(=O)Nc1cccc(C(=O)NC)c1. The van der Waals surface area contributed by atoms with Gasteiger partial charge in [-0.25, -0.2) is 0 Å². The molecule has 24 heavy (non-hydrogen) atoms. The van der Waals surface area contributed by atoms with Gasteiger partial charge in [-0.1, -0.05) is 13.0 Å². The number of anilines is 1. The third-order valence-electron chi connectivity index (χ3n) is 3.92. The first-order valence-corrected chi connectivity index (χ1v) is 7.93. The average Bonchev–Trinajstić information content (AvgIpc) is 3.11. The molecule has 1 atom stereocenters. The maximum absolute atomic E-state index is 12.5. The second-order valence-electron chi connectivity index (χ2n) is 5.52. The van der Waals surface area contributed by atoms with Crippen LogP contribution in [0.3, 0.4) is 0 Å². The van der Waals surface area contributed by atoms with Gasteiger partial charge in [0.1, 0.15) is 0 Å². The standard InChI is InChI=1S/C18H23N3O3/c1-4-21(11-14-8-9-24-12-14)13(2)17(22)20-16-7-5-6-15(10-16)18(23)19-3/h5-10,12-13H,4,11H2,1-3H3,(H,19,23)(H,20,22)/t13-/m1/s1. The Hall–Kier alpha value is -2.60. The molecular weight excluding hydrogens is 306 g/mol. The van der Waals surface area contributed by atoms with Gasteiger partial charge in [0.25, 0.3) is 5.91 Å². The lowest BCUT2D eigenvalue weighted by Gasteiger charge is -2.26. The van der Waals surface area contributed by atoms with Crippen molar-refractivity contribution in [3.05, 3.63) is 54.0 Å². The molecule has 0 fully saturated rings. The van der Waals surface area contributed by atoms with Crippen molar-refractivity contribution in [3.8, 4) is 0 Å². The topological polar surface area (TPSA) is 74.6 Å². The summed E-state index contributed by atoms with van der Waals surface area (Å²) < 4.78 is 5.08. The maximum Gasteiger partial charge on any atom is 0.251 e. The van der Waals surface area contributed by atoms with Crippen molar-refractivity contribution in [2.45, 2.75) is 26.4 Å². The number of rotatable bonds is 7. The molecule has 0 aliphatic heterocycles. The van der Waals surface area contributed by atoms with Gasteiger partial charge in [-0.15, -0.1) is 0 Å². The molecule has 0 aliphatic rings. The van der Waals surface area contributed by atoms with E-state index in [0.29, 0.717) is 17.8 Å². The number of hydrogen-bond acceptors (Lipinski definition) is 4. The van der Waals surface area contributed by atoms with E-state index in [0.717, 1.165) is 12.1 Å². The molecule has 0 radical (unpaired) electrons. The van der Waals surface area contributed by atoms with Gasteiger partial charge < -0.3 is 15.1 Å². The summed E-state index contributed by atoms with van der Waals surface area (Å²) in [5.41, 5.74) is 2.14. The van der Waals surface area contributed by atoms with Crippen LogP contribution >= 0.6 is 0 Å². The van der Waals surface area contributed by atoms with E-state index in [1.54, 1.807) is 43.8 Å². The number of benzene rings is 1. The number of carbonyl (C=O) groups excluding carboxylic acids is 2. The summed E-state index contributed by atoms with van der Waals surface area (Å²) in [5.74, 6) is -0.302. The number of nitrogens with one attached hydrogen (secondary N) is 2. The Kier molecular flexibility index (Phi) is 6.14. The molecule has 0 saturated heterocycles. The van der Waals surface area contributed by atoms with Crippen molar-refractivity contribution in [3.63, 3.8) is 0 Å². The minimum atomic E-state index is -0.312. The van der Waals surface area contributed by atoms with Crippen LogP contribution in [-0.2, 0) is 11.3 Å². The van der Waals surface area contributed by atoms with Gasteiger partial charge in [0.05, 0.1) is 18.6 Å². The second-order valence-corrected chi connectivity index (χ2v) is 5.52. The minimum absolute atomic E-state index is 0.116. The number of nitrogens with zero attached hydrogens (tertiary/aromatic N) is 1. The molecule has 128 valence electrons. The predicted octanol–water partition coefficient (Wildman–Crippen LogP) is 2.49. The lowest BCUT2D eigenvalue weighted by atomic mass is 10.1. The van der Waals surface area contributed by atoms with Gasteiger partial charge in [0.15, 0.2) is 0 Å². The van der Waals surface area contributed by atoms with Crippen molar-refractivity contribution in [2.75, 3.05) is 18.9 Å². The zero-order valence-electron chi connectivity index (χ0n) is 14.2. The largest absolute Gasteiger partial charge is 0.472 e. The first-order valence-electron chi connectivity index (χ1n) is 7.93. The molecular formula is C18H23N3O3. The van der Waals surface area contributed by atoms with Crippen molar-refractivity contribution in [2.24, 2.45) is 0 Å². The quantitative estimate of drug-likeness (QED) is 0.818. The maximum atomic E-state index is 12.5. The van der Waals surface area contributed by atoms with Crippen LogP contribution in [0.4, 0.5) is 5.69 Å². The van der Waals surface area contributed by atoms with E-state index in [4.69, 9.17) is 4.42 Å². The summed E-state index contributed by atoms with van der Waals surface area (Å²) in [5, 5.41) is 5.44. The molecule has 0 aliphatic carbocycles. The van der Waals surface area contributed by atoms with Crippen LogP contribution in [0.2, 0.25) is 0 Å². The number of likely N-dealkylation sites (N-methyl/N-ethyl adjacent to an activating group) is 1. The minimum Gasteiger partial charge on any atom is -0.472 e. The van der Waals surface area contributed by atoms with Crippen LogP contribution in [0.1, 0.15) is 29.8 Å². The van der Waals surface area contributed by atoms with Gasteiger partial charge in [-0.2, -0.15) is 0 Å². The number of carbonyl (C=O) groups is 2. The monoisotopic (exact) mass is 329 g/mol. The van der Waals surface area contributed by atoms with Gasteiger partial charge in [0, 0.05) is 30.4 Å². The molecule has 1 aromatic carbocycles. The first kappa shape index (κ1) is 17.7. The molecule has 1 heterocycles. The van der Waals surface area contributed by atoms with Crippen LogP contribution < -0.4 is 10.6 Å². The van der Waals surface area contributed by atoms with Gasteiger partial charge >= 0.3 is 0 Å². The fraction of sp³-hybridized carbons (Fsp3) is 0.333.